The molecule has 1 aliphatic rings. The normalized spacial score (nSPS) is 21.6. The maximum absolute atomic E-state index is 9.68. The molecule has 1 aliphatic heterocycles. The summed E-state index contributed by atoms with van der Waals surface area (Å²) in [5.74, 6) is 6.02. The van der Waals surface area contributed by atoms with Crippen LogP contribution in [0, 0.1) is 11.8 Å². The molecular formula is C16H20O3. The van der Waals surface area contributed by atoms with Crippen molar-refractivity contribution < 1.29 is 14.6 Å². The minimum atomic E-state index is -0.802. The molecule has 2 rings (SSSR count). The minimum Gasteiger partial charge on any atom is -0.388 e. The number of benzene rings is 1. The van der Waals surface area contributed by atoms with E-state index in [-0.39, 0.29) is 12.2 Å². The molecule has 1 heterocycles. The lowest BCUT2D eigenvalue weighted by Gasteiger charge is -2.11. The Morgan fingerprint density at radius 1 is 1.32 bits per heavy atom. The predicted octanol–water partition coefficient (Wildman–Crippen LogP) is 2.13. The van der Waals surface area contributed by atoms with Gasteiger partial charge in [0, 0.05) is 6.42 Å². The van der Waals surface area contributed by atoms with Crippen molar-refractivity contribution in [1.82, 2.24) is 0 Å². The van der Waals surface area contributed by atoms with Crippen LogP contribution in [0.25, 0.3) is 0 Å². The molecule has 0 amide bonds. The number of aliphatic hydroxyl groups is 1. The number of ether oxygens (including phenoxy) is 2. The van der Waals surface area contributed by atoms with E-state index in [4.69, 9.17) is 9.47 Å². The number of epoxide rings is 1. The van der Waals surface area contributed by atoms with Crippen LogP contribution in [-0.4, -0.2) is 29.5 Å². The third kappa shape index (κ3) is 4.68. The predicted molar refractivity (Wildman–Crippen MR) is 73.4 cm³/mol. The molecular weight excluding hydrogens is 240 g/mol. The van der Waals surface area contributed by atoms with E-state index in [9.17, 15) is 5.11 Å². The molecule has 1 aromatic carbocycles. The first-order valence-corrected chi connectivity index (χ1v) is 6.55. The molecule has 102 valence electrons. The Labute approximate surface area is 114 Å². The molecule has 0 aromatic heterocycles. The average Bonchev–Trinajstić information content (AvgIpc) is 3.14. The van der Waals surface area contributed by atoms with Crippen LogP contribution in [-0.2, 0) is 16.1 Å². The second-order valence-electron chi connectivity index (χ2n) is 5.24. The smallest absolute Gasteiger partial charge is 0.147 e. The monoisotopic (exact) mass is 260 g/mol. The fraction of sp³-hybridized carbons (Fsp3) is 0.500. The lowest BCUT2D eigenvalue weighted by atomic mass is 10.0. The van der Waals surface area contributed by atoms with Crippen LogP contribution in [0.4, 0.5) is 0 Å². The van der Waals surface area contributed by atoms with Crippen LogP contribution < -0.4 is 0 Å². The van der Waals surface area contributed by atoms with Crippen molar-refractivity contribution in [2.24, 2.45) is 0 Å². The Kier molecular flexibility index (Phi) is 4.60. The standard InChI is InChI=1S/C16H20O3/c1-16(2,17)15-14(19-15)10-6-7-11-18-12-13-8-4-3-5-9-13/h3-5,8-9,14-15,17H,7,11-12H2,1-2H3/t14-,15+/m1/s1. The summed E-state index contributed by atoms with van der Waals surface area (Å²) >= 11 is 0. The molecule has 19 heavy (non-hydrogen) atoms. The highest BCUT2D eigenvalue weighted by molar-refractivity contribution is 5.17. The zero-order valence-electron chi connectivity index (χ0n) is 11.4. The second kappa shape index (κ2) is 6.21. The Balaban J connectivity index is 1.59. The van der Waals surface area contributed by atoms with E-state index in [1.807, 2.05) is 30.3 Å². The molecule has 1 fully saturated rings. The summed E-state index contributed by atoms with van der Waals surface area (Å²) in [4.78, 5) is 0. The van der Waals surface area contributed by atoms with Gasteiger partial charge >= 0.3 is 0 Å². The fourth-order valence-electron chi connectivity index (χ4n) is 1.82. The van der Waals surface area contributed by atoms with Gasteiger partial charge in [-0.3, -0.25) is 0 Å². The van der Waals surface area contributed by atoms with Crippen molar-refractivity contribution in [3.63, 3.8) is 0 Å². The molecule has 1 aromatic rings. The maximum atomic E-state index is 9.68. The van der Waals surface area contributed by atoms with E-state index in [0.29, 0.717) is 19.6 Å². The van der Waals surface area contributed by atoms with Crippen LogP contribution >= 0.6 is 0 Å². The van der Waals surface area contributed by atoms with Gasteiger partial charge in [-0.15, -0.1) is 0 Å². The molecule has 0 unspecified atom stereocenters. The van der Waals surface area contributed by atoms with Crippen LogP contribution in [0.1, 0.15) is 25.8 Å². The molecule has 2 atom stereocenters. The first kappa shape index (κ1) is 14.1. The van der Waals surface area contributed by atoms with Crippen LogP contribution in [0.2, 0.25) is 0 Å². The quantitative estimate of drug-likeness (QED) is 0.501. The van der Waals surface area contributed by atoms with Gasteiger partial charge in [0.15, 0.2) is 0 Å². The number of hydrogen-bond acceptors (Lipinski definition) is 3. The van der Waals surface area contributed by atoms with E-state index >= 15 is 0 Å². The average molecular weight is 260 g/mol. The Morgan fingerprint density at radius 3 is 2.68 bits per heavy atom. The van der Waals surface area contributed by atoms with E-state index < -0.39 is 5.60 Å². The molecule has 1 saturated heterocycles. The summed E-state index contributed by atoms with van der Waals surface area (Å²) in [5.41, 5.74) is 0.367. The van der Waals surface area contributed by atoms with Gasteiger partial charge in [-0.25, -0.2) is 0 Å². The van der Waals surface area contributed by atoms with E-state index in [1.54, 1.807) is 13.8 Å². The highest BCUT2D eigenvalue weighted by atomic mass is 16.6. The van der Waals surface area contributed by atoms with Gasteiger partial charge in [0.2, 0.25) is 0 Å². The van der Waals surface area contributed by atoms with E-state index in [2.05, 4.69) is 11.8 Å². The van der Waals surface area contributed by atoms with E-state index in [1.165, 1.54) is 5.56 Å². The van der Waals surface area contributed by atoms with Crippen molar-refractivity contribution in [3.05, 3.63) is 35.9 Å². The zero-order valence-corrected chi connectivity index (χ0v) is 11.4. The van der Waals surface area contributed by atoms with E-state index in [0.717, 1.165) is 0 Å². The summed E-state index contributed by atoms with van der Waals surface area (Å²) in [6.07, 6.45) is 0.421. The summed E-state index contributed by atoms with van der Waals surface area (Å²) in [6, 6.07) is 10.1. The Bertz CT molecular complexity index is 450. The molecule has 0 radical (unpaired) electrons. The fourth-order valence-corrected chi connectivity index (χ4v) is 1.82. The van der Waals surface area contributed by atoms with Gasteiger partial charge < -0.3 is 14.6 Å². The number of rotatable bonds is 5. The second-order valence-corrected chi connectivity index (χ2v) is 5.24. The van der Waals surface area contributed by atoms with Gasteiger partial charge in [0.1, 0.15) is 12.2 Å². The van der Waals surface area contributed by atoms with Gasteiger partial charge in [0.05, 0.1) is 18.8 Å². The molecule has 0 saturated carbocycles. The van der Waals surface area contributed by atoms with Gasteiger partial charge in [0.25, 0.3) is 0 Å². The lowest BCUT2D eigenvalue weighted by molar-refractivity contribution is 0.0482. The Hall–Kier alpha value is -1.34. The highest BCUT2D eigenvalue weighted by Gasteiger charge is 2.48. The van der Waals surface area contributed by atoms with Gasteiger partial charge in [-0.05, 0) is 19.4 Å². The molecule has 3 heteroatoms. The number of hydrogen-bond donors (Lipinski definition) is 1. The first-order chi connectivity index (χ1) is 9.07. The third-order valence-corrected chi connectivity index (χ3v) is 2.92. The van der Waals surface area contributed by atoms with Crippen LogP contribution in [0.3, 0.4) is 0 Å². The molecule has 1 N–H and O–H groups in total. The van der Waals surface area contributed by atoms with Crippen LogP contribution in [0.5, 0.6) is 0 Å². The summed E-state index contributed by atoms with van der Waals surface area (Å²) in [6.45, 7) is 4.71. The van der Waals surface area contributed by atoms with Crippen molar-refractivity contribution in [3.8, 4) is 11.8 Å². The minimum absolute atomic E-state index is 0.117. The molecule has 0 aliphatic carbocycles. The molecule has 0 bridgehead atoms. The van der Waals surface area contributed by atoms with Crippen molar-refractivity contribution in [1.29, 1.82) is 0 Å². The van der Waals surface area contributed by atoms with Crippen molar-refractivity contribution in [2.45, 2.75) is 44.7 Å². The van der Waals surface area contributed by atoms with Gasteiger partial charge in [-0.1, -0.05) is 42.2 Å². The SMILES string of the molecule is CC(C)(O)[C@H]1O[C@@H]1C#CCCOCc1ccccc1. The molecule has 0 spiro atoms. The molecule has 3 nitrogen and oxygen atoms in total. The summed E-state index contributed by atoms with van der Waals surface area (Å²) in [5, 5.41) is 9.68. The van der Waals surface area contributed by atoms with Crippen molar-refractivity contribution >= 4 is 0 Å². The maximum Gasteiger partial charge on any atom is 0.147 e. The van der Waals surface area contributed by atoms with Crippen LogP contribution in [0.15, 0.2) is 30.3 Å². The van der Waals surface area contributed by atoms with Crippen molar-refractivity contribution in [2.75, 3.05) is 6.61 Å². The third-order valence-electron chi connectivity index (χ3n) is 2.92. The Morgan fingerprint density at radius 2 is 2.05 bits per heavy atom. The largest absolute Gasteiger partial charge is 0.388 e. The topological polar surface area (TPSA) is 42.0 Å². The summed E-state index contributed by atoms with van der Waals surface area (Å²) in [7, 11) is 0. The lowest BCUT2D eigenvalue weighted by Crippen LogP contribution is -2.27. The summed E-state index contributed by atoms with van der Waals surface area (Å²) < 4.78 is 10.8. The zero-order chi connectivity index (χ0) is 13.7. The first-order valence-electron chi connectivity index (χ1n) is 6.55. The van der Waals surface area contributed by atoms with Gasteiger partial charge in [-0.2, -0.15) is 0 Å². The highest BCUT2D eigenvalue weighted by Crippen LogP contribution is 2.31.